The van der Waals surface area contributed by atoms with Gasteiger partial charge in [-0.2, -0.15) is 0 Å². The second-order valence-electron chi connectivity index (χ2n) is 7.69. The lowest BCUT2D eigenvalue weighted by atomic mass is 9.79. The largest absolute Gasteiger partial charge is 0.492 e. The molecule has 0 amide bonds. The summed E-state index contributed by atoms with van der Waals surface area (Å²) in [7, 11) is 0. The van der Waals surface area contributed by atoms with E-state index >= 15 is 0 Å². The molecule has 1 aliphatic carbocycles. The van der Waals surface area contributed by atoms with E-state index in [0.29, 0.717) is 0 Å². The van der Waals surface area contributed by atoms with Crippen LogP contribution in [-0.2, 0) is 0 Å². The van der Waals surface area contributed by atoms with Gasteiger partial charge in [-0.25, -0.2) is 0 Å². The summed E-state index contributed by atoms with van der Waals surface area (Å²) in [5, 5.41) is 10.8. The summed E-state index contributed by atoms with van der Waals surface area (Å²) < 4.78 is 5.79. The monoisotopic (exact) mass is 332 g/mol. The molecule has 0 radical (unpaired) electrons. The standard InChI is InChI=1S/C20H32N2O2/c1-18-7-9-20(23,10-8-18)17-22-13-11-21(12-14-22)15-16-24-19-5-3-2-4-6-19/h2-6,18,23H,7-17H2,1H3. The van der Waals surface area contributed by atoms with Crippen LogP contribution >= 0.6 is 0 Å². The molecule has 2 fully saturated rings. The number of ether oxygens (including phenoxy) is 1. The molecule has 3 rings (SSSR count). The third-order valence-electron chi connectivity index (χ3n) is 5.61. The highest BCUT2D eigenvalue weighted by atomic mass is 16.5. The molecule has 2 aliphatic rings. The minimum Gasteiger partial charge on any atom is -0.492 e. The third-order valence-corrected chi connectivity index (χ3v) is 5.61. The summed E-state index contributed by atoms with van der Waals surface area (Å²) in [6.07, 6.45) is 4.29. The van der Waals surface area contributed by atoms with E-state index in [9.17, 15) is 5.11 Å². The number of rotatable bonds is 6. The molecule has 0 atom stereocenters. The van der Waals surface area contributed by atoms with Gasteiger partial charge in [-0.1, -0.05) is 25.1 Å². The number of nitrogens with zero attached hydrogens (tertiary/aromatic N) is 2. The van der Waals surface area contributed by atoms with Gasteiger partial charge in [-0.15, -0.1) is 0 Å². The van der Waals surface area contributed by atoms with Gasteiger partial charge in [0, 0.05) is 39.3 Å². The van der Waals surface area contributed by atoms with Crippen molar-refractivity contribution in [3.8, 4) is 5.75 Å². The molecule has 1 aromatic carbocycles. The summed E-state index contributed by atoms with van der Waals surface area (Å²) in [5.41, 5.74) is -0.439. The molecule has 4 heteroatoms. The Hall–Kier alpha value is -1.10. The molecule has 1 heterocycles. The highest BCUT2D eigenvalue weighted by molar-refractivity contribution is 5.20. The van der Waals surface area contributed by atoms with Crippen LogP contribution in [0.1, 0.15) is 32.6 Å². The Morgan fingerprint density at radius 1 is 1.04 bits per heavy atom. The van der Waals surface area contributed by atoms with Gasteiger partial charge in [0.25, 0.3) is 0 Å². The number of para-hydroxylation sites is 1. The van der Waals surface area contributed by atoms with Crippen molar-refractivity contribution < 1.29 is 9.84 Å². The van der Waals surface area contributed by atoms with Gasteiger partial charge in [0.2, 0.25) is 0 Å². The number of benzene rings is 1. The first-order valence-corrected chi connectivity index (χ1v) is 9.48. The van der Waals surface area contributed by atoms with Crippen molar-refractivity contribution in [2.45, 2.75) is 38.2 Å². The summed E-state index contributed by atoms with van der Waals surface area (Å²) in [4.78, 5) is 4.91. The van der Waals surface area contributed by atoms with E-state index in [-0.39, 0.29) is 0 Å². The van der Waals surface area contributed by atoms with Crippen LogP contribution in [0.4, 0.5) is 0 Å². The zero-order chi connectivity index (χ0) is 16.8. The van der Waals surface area contributed by atoms with E-state index in [1.807, 2.05) is 30.3 Å². The van der Waals surface area contributed by atoms with E-state index in [4.69, 9.17) is 4.74 Å². The molecule has 1 aromatic rings. The maximum atomic E-state index is 10.8. The first-order valence-electron chi connectivity index (χ1n) is 9.48. The van der Waals surface area contributed by atoms with Gasteiger partial charge in [0.15, 0.2) is 0 Å². The molecule has 1 saturated heterocycles. The Morgan fingerprint density at radius 2 is 1.67 bits per heavy atom. The molecular weight excluding hydrogens is 300 g/mol. The molecule has 134 valence electrons. The Kier molecular flexibility index (Phi) is 6.14. The molecule has 0 bridgehead atoms. The fourth-order valence-corrected chi connectivity index (χ4v) is 3.85. The second kappa shape index (κ2) is 8.32. The van der Waals surface area contributed by atoms with Gasteiger partial charge >= 0.3 is 0 Å². The summed E-state index contributed by atoms with van der Waals surface area (Å²) in [5.74, 6) is 1.73. The fraction of sp³-hybridized carbons (Fsp3) is 0.700. The van der Waals surface area contributed by atoms with Gasteiger partial charge in [-0.3, -0.25) is 9.80 Å². The number of hydrogen-bond acceptors (Lipinski definition) is 4. The van der Waals surface area contributed by atoms with Crippen LogP contribution in [0.5, 0.6) is 5.75 Å². The zero-order valence-corrected chi connectivity index (χ0v) is 15.0. The number of β-amino-alcohol motifs (C(OH)–C–C–N with tert-alkyl or cyclic N) is 1. The van der Waals surface area contributed by atoms with Crippen molar-refractivity contribution in [3.05, 3.63) is 30.3 Å². The molecule has 0 aromatic heterocycles. The van der Waals surface area contributed by atoms with E-state index in [0.717, 1.165) is 70.4 Å². The third kappa shape index (κ3) is 5.20. The van der Waals surface area contributed by atoms with Crippen LogP contribution in [0.2, 0.25) is 0 Å². The van der Waals surface area contributed by atoms with Crippen molar-refractivity contribution in [1.29, 1.82) is 0 Å². The molecule has 1 N–H and O–H groups in total. The number of piperazine rings is 1. The summed E-state index contributed by atoms with van der Waals surface area (Å²) in [6, 6.07) is 10.0. The Labute approximate surface area is 146 Å². The zero-order valence-electron chi connectivity index (χ0n) is 15.0. The molecule has 24 heavy (non-hydrogen) atoms. The van der Waals surface area contributed by atoms with Crippen LogP contribution in [0.25, 0.3) is 0 Å². The van der Waals surface area contributed by atoms with Gasteiger partial charge in [0.05, 0.1) is 5.60 Å². The molecule has 1 aliphatic heterocycles. The highest BCUT2D eigenvalue weighted by Gasteiger charge is 2.34. The van der Waals surface area contributed by atoms with Gasteiger partial charge < -0.3 is 9.84 Å². The van der Waals surface area contributed by atoms with Crippen LogP contribution in [0, 0.1) is 5.92 Å². The Balaban J connectivity index is 1.34. The SMILES string of the molecule is CC1CCC(O)(CN2CCN(CCOc3ccccc3)CC2)CC1. The lowest BCUT2D eigenvalue weighted by Gasteiger charge is -2.42. The van der Waals surface area contributed by atoms with Crippen LogP contribution < -0.4 is 4.74 Å². The highest BCUT2D eigenvalue weighted by Crippen LogP contribution is 2.32. The summed E-state index contributed by atoms with van der Waals surface area (Å²) in [6.45, 7) is 9.14. The molecule has 4 nitrogen and oxygen atoms in total. The average Bonchev–Trinajstić information content (AvgIpc) is 2.60. The number of hydrogen-bond donors (Lipinski definition) is 1. The summed E-state index contributed by atoms with van der Waals surface area (Å²) >= 11 is 0. The normalized spacial score (nSPS) is 29.5. The minimum absolute atomic E-state index is 0.439. The lowest BCUT2D eigenvalue weighted by Crippen LogP contribution is -2.53. The predicted molar refractivity (Wildman–Crippen MR) is 97.4 cm³/mol. The molecule has 0 unspecified atom stereocenters. The fourth-order valence-electron chi connectivity index (χ4n) is 3.85. The van der Waals surface area contributed by atoms with Crippen LogP contribution in [0.15, 0.2) is 30.3 Å². The topological polar surface area (TPSA) is 35.9 Å². The maximum absolute atomic E-state index is 10.8. The van der Waals surface area contributed by atoms with Crippen molar-refractivity contribution in [1.82, 2.24) is 9.80 Å². The van der Waals surface area contributed by atoms with Crippen molar-refractivity contribution >= 4 is 0 Å². The lowest BCUT2D eigenvalue weighted by molar-refractivity contribution is -0.0437. The van der Waals surface area contributed by atoms with Crippen molar-refractivity contribution in [3.63, 3.8) is 0 Å². The Morgan fingerprint density at radius 3 is 2.33 bits per heavy atom. The van der Waals surface area contributed by atoms with Crippen LogP contribution in [-0.4, -0.2) is 66.4 Å². The molecule has 0 spiro atoms. The van der Waals surface area contributed by atoms with Crippen LogP contribution in [0.3, 0.4) is 0 Å². The smallest absolute Gasteiger partial charge is 0.119 e. The molecular formula is C20H32N2O2. The van der Waals surface area contributed by atoms with Crippen molar-refractivity contribution in [2.24, 2.45) is 5.92 Å². The van der Waals surface area contributed by atoms with E-state index in [1.165, 1.54) is 12.8 Å². The van der Waals surface area contributed by atoms with E-state index in [2.05, 4.69) is 16.7 Å². The second-order valence-corrected chi connectivity index (χ2v) is 7.69. The van der Waals surface area contributed by atoms with Gasteiger partial charge in [0.1, 0.15) is 12.4 Å². The minimum atomic E-state index is -0.439. The van der Waals surface area contributed by atoms with Crippen molar-refractivity contribution in [2.75, 3.05) is 45.9 Å². The average molecular weight is 332 g/mol. The quantitative estimate of drug-likeness (QED) is 0.869. The van der Waals surface area contributed by atoms with E-state index < -0.39 is 5.60 Å². The first kappa shape index (κ1) is 17.7. The predicted octanol–water partition coefficient (Wildman–Crippen LogP) is 2.62. The van der Waals surface area contributed by atoms with Gasteiger partial charge in [-0.05, 0) is 43.7 Å². The first-order chi connectivity index (χ1) is 11.6. The van der Waals surface area contributed by atoms with E-state index in [1.54, 1.807) is 0 Å². The molecule has 1 saturated carbocycles. The Bertz CT molecular complexity index is 478. The maximum Gasteiger partial charge on any atom is 0.119 e. The number of aliphatic hydroxyl groups is 1.